The summed E-state index contributed by atoms with van der Waals surface area (Å²) in [6, 6.07) is 17.1. The molecular weight excluding hydrogens is 250 g/mol. The number of quaternary nitrogens is 1. The van der Waals surface area contributed by atoms with E-state index < -0.39 is 5.97 Å². The summed E-state index contributed by atoms with van der Waals surface area (Å²) in [5.74, 6) is -1.12. The zero-order valence-electron chi connectivity index (χ0n) is 12.0. The molecule has 0 saturated heterocycles. The summed E-state index contributed by atoms with van der Waals surface area (Å²) < 4.78 is 0. The number of hydrogen-bond acceptors (Lipinski definition) is 2. The van der Waals surface area contributed by atoms with Gasteiger partial charge in [-0.25, -0.2) is 0 Å². The van der Waals surface area contributed by atoms with Gasteiger partial charge in [0.15, 0.2) is 0 Å². The van der Waals surface area contributed by atoms with Gasteiger partial charge in [0.05, 0.1) is 19.6 Å². The lowest BCUT2D eigenvalue weighted by Gasteiger charge is -2.00. The van der Waals surface area contributed by atoms with Crippen LogP contribution in [0.5, 0.6) is 0 Å². The minimum Gasteiger partial charge on any atom is -0.545 e. The van der Waals surface area contributed by atoms with E-state index in [0.29, 0.717) is 0 Å². The van der Waals surface area contributed by atoms with Crippen LogP contribution in [-0.4, -0.2) is 19.6 Å². The SMILES string of the molecule is C[NH2+]CCc1ccccc1.Cc1ccc(C(=O)[O-])cc1. The number of hydrogen-bond donors (Lipinski definition) is 1. The number of carboxylic acid groups (broad SMARTS) is 1. The monoisotopic (exact) mass is 271 g/mol. The van der Waals surface area contributed by atoms with Crippen molar-refractivity contribution in [1.82, 2.24) is 0 Å². The molecule has 0 fully saturated rings. The lowest BCUT2D eigenvalue weighted by atomic mass is 10.2. The molecule has 106 valence electrons. The first-order valence-electron chi connectivity index (χ1n) is 6.73. The van der Waals surface area contributed by atoms with Crippen molar-refractivity contribution in [1.29, 1.82) is 0 Å². The summed E-state index contributed by atoms with van der Waals surface area (Å²) in [4.78, 5) is 10.2. The average Bonchev–Trinajstić information content (AvgIpc) is 2.47. The molecule has 20 heavy (non-hydrogen) atoms. The highest BCUT2D eigenvalue weighted by Gasteiger charge is 1.90. The van der Waals surface area contributed by atoms with Crippen molar-refractivity contribution in [2.75, 3.05) is 13.6 Å². The van der Waals surface area contributed by atoms with E-state index in [1.165, 1.54) is 30.7 Å². The predicted molar refractivity (Wildman–Crippen MR) is 78.4 cm³/mol. The van der Waals surface area contributed by atoms with Gasteiger partial charge in [0.1, 0.15) is 0 Å². The van der Waals surface area contributed by atoms with Crippen LogP contribution in [-0.2, 0) is 6.42 Å². The van der Waals surface area contributed by atoms with Crippen molar-refractivity contribution >= 4 is 5.97 Å². The third-order valence-corrected chi connectivity index (χ3v) is 2.85. The van der Waals surface area contributed by atoms with Crippen molar-refractivity contribution < 1.29 is 15.2 Å². The number of carbonyl (C=O) groups excluding carboxylic acids is 1. The molecule has 0 aliphatic carbocycles. The Balaban J connectivity index is 0.000000200. The van der Waals surface area contributed by atoms with Crippen LogP contribution in [0.1, 0.15) is 21.5 Å². The van der Waals surface area contributed by atoms with E-state index >= 15 is 0 Å². The number of aromatic carboxylic acids is 1. The molecule has 0 radical (unpaired) electrons. The number of nitrogens with two attached hydrogens (primary N) is 1. The highest BCUT2D eigenvalue weighted by Crippen LogP contribution is 2.00. The normalized spacial score (nSPS) is 9.50. The molecule has 0 spiro atoms. The smallest absolute Gasteiger partial charge is 0.0794 e. The number of likely N-dealkylation sites (N-methyl/N-ethyl adjacent to an activating group) is 1. The van der Waals surface area contributed by atoms with E-state index in [-0.39, 0.29) is 5.56 Å². The fourth-order valence-electron chi connectivity index (χ4n) is 1.65. The quantitative estimate of drug-likeness (QED) is 0.893. The molecule has 2 N–H and O–H groups in total. The van der Waals surface area contributed by atoms with Gasteiger partial charge in [-0.3, -0.25) is 0 Å². The lowest BCUT2D eigenvalue weighted by molar-refractivity contribution is -0.626. The van der Waals surface area contributed by atoms with Crippen LogP contribution in [0.3, 0.4) is 0 Å². The summed E-state index contributed by atoms with van der Waals surface area (Å²) in [6.07, 6.45) is 1.18. The van der Waals surface area contributed by atoms with Gasteiger partial charge in [-0.15, -0.1) is 0 Å². The molecule has 0 aromatic heterocycles. The first-order valence-corrected chi connectivity index (χ1v) is 6.73. The molecule has 2 aromatic rings. The fraction of sp³-hybridized carbons (Fsp3) is 0.235. The average molecular weight is 271 g/mol. The highest BCUT2D eigenvalue weighted by molar-refractivity contribution is 5.85. The second-order valence-corrected chi connectivity index (χ2v) is 4.59. The van der Waals surface area contributed by atoms with Gasteiger partial charge < -0.3 is 15.2 Å². The summed E-state index contributed by atoms with van der Waals surface area (Å²) in [7, 11) is 2.10. The van der Waals surface area contributed by atoms with Gasteiger partial charge in [0, 0.05) is 6.42 Å². The number of carboxylic acids is 1. The molecule has 0 amide bonds. The lowest BCUT2D eigenvalue weighted by Crippen LogP contribution is -2.80. The minimum atomic E-state index is -1.12. The molecule has 0 unspecified atom stereocenters. The molecule has 2 aromatic carbocycles. The summed E-state index contributed by atoms with van der Waals surface area (Å²) >= 11 is 0. The number of rotatable bonds is 4. The second kappa shape index (κ2) is 8.88. The Morgan fingerprint density at radius 3 is 2.15 bits per heavy atom. The van der Waals surface area contributed by atoms with E-state index in [4.69, 9.17) is 0 Å². The first kappa shape index (κ1) is 15.9. The van der Waals surface area contributed by atoms with E-state index in [1.54, 1.807) is 12.1 Å². The molecular formula is C17H21NO2. The van der Waals surface area contributed by atoms with E-state index in [1.807, 2.05) is 6.92 Å². The van der Waals surface area contributed by atoms with Gasteiger partial charge >= 0.3 is 0 Å². The largest absolute Gasteiger partial charge is 0.545 e. The molecule has 0 aliphatic rings. The predicted octanol–water partition coefficient (Wildman–Crippen LogP) is 0.781. The zero-order chi connectivity index (χ0) is 14.8. The van der Waals surface area contributed by atoms with Crippen LogP contribution in [0.4, 0.5) is 0 Å². The zero-order valence-corrected chi connectivity index (χ0v) is 12.0. The molecule has 3 heteroatoms. The number of aryl methyl sites for hydroxylation is 1. The second-order valence-electron chi connectivity index (χ2n) is 4.59. The van der Waals surface area contributed by atoms with Gasteiger partial charge in [-0.2, -0.15) is 0 Å². The van der Waals surface area contributed by atoms with Crippen LogP contribution in [0.2, 0.25) is 0 Å². The molecule has 0 atom stereocenters. The Bertz CT molecular complexity index is 506. The molecule has 2 rings (SSSR count). The maximum atomic E-state index is 10.2. The van der Waals surface area contributed by atoms with Crippen molar-refractivity contribution in [3.05, 3.63) is 71.3 Å². The third kappa shape index (κ3) is 6.16. The van der Waals surface area contributed by atoms with Crippen LogP contribution in [0, 0.1) is 6.92 Å². The fourth-order valence-corrected chi connectivity index (χ4v) is 1.65. The number of benzene rings is 2. The summed E-state index contributed by atoms with van der Waals surface area (Å²) in [5.41, 5.74) is 2.70. The Morgan fingerprint density at radius 1 is 1.05 bits per heavy atom. The minimum absolute atomic E-state index is 0.227. The maximum Gasteiger partial charge on any atom is 0.0794 e. The van der Waals surface area contributed by atoms with Crippen LogP contribution in [0.15, 0.2) is 54.6 Å². The third-order valence-electron chi connectivity index (χ3n) is 2.85. The van der Waals surface area contributed by atoms with Crippen molar-refractivity contribution in [3.63, 3.8) is 0 Å². The Kier molecular flexibility index (Phi) is 7.07. The number of carbonyl (C=O) groups is 1. The Morgan fingerprint density at radius 2 is 1.65 bits per heavy atom. The Labute approximate surface area is 120 Å². The first-order chi connectivity index (χ1) is 9.63. The molecule has 3 nitrogen and oxygen atoms in total. The van der Waals surface area contributed by atoms with Crippen molar-refractivity contribution in [3.8, 4) is 0 Å². The van der Waals surface area contributed by atoms with Gasteiger partial charge in [-0.05, 0) is 18.1 Å². The van der Waals surface area contributed by atoms with E-state index in [0.717, 1.165) is 5.56 Å². The topological polar surface area (TPSA) is 56.7 Å². The van der Waals surface area contributed by atoms with Crippen LogP contribution in [0.25, 0.3) is 0 Å². The molecule has 0 saturated carbocycles. The maximum absolute atomic E-state index is 10.2. The van der Waals surface area contributed by atoms with Gasteiger partial charge in [0.2, 0.25) is 0 Å². The van der Waals surface area contributed by atoms with Crippen LogP contribution >= 0.6 is 0 Å². The van der Waals surface area contributed by atoms with Gasteiger partial charge in [-0.1, -0.05) is 60.2 Å². The Hall–Kier alpha value is -2.13. The summed E-state index contributed by atoms with van der Waals surface area (Å²) in [5, 5.41) is 12.4. The molecule has 0 heterocycles. The summed E-state index contributed by atoms with van der Waals surface area (Å²) in [6.45, 7) is 3.09. The van der Waals surface area contributed by atoms with E-state index in [2.05, 4.69) is 42.7 Å². The standard InChI is InChI=1S/C9H13N.C8H8O2/c1-10-8-7-9-5-3-2-4-6-9;1-6-2-4-7(5-3-6)8(9)10/h2-6,10H,7-8H2,1H3;2-5H,1H3,(H,9,10). The van der Waals surface area contributed by atoms with Crippen molar-refractivity contribution in [2.24, 2.45) is 0 Å². The van der Waals surface area contributed by atoms with E-state index in [9.17, 15) is 9.90 Å². The molecule has 0 aliphatic heterocycles. The van der Waals surface area contributed by atoms with Crippen LogP contribution < -0.4 is 10.4 Å². The molecule has 0 bridgehead atoms. The van der Waals surface area contributed by atoms with Crippen molar-refractivity contribution in [2.45, 2.75) is 13.3 Å². The highest BCUT2D eigenvalue weighted by atomic mass is 16.4. The van der Waals surface area contributed by atoms with Gasteiger partial charge in [0.25, 0.3) is 0 Å².